The number of benzene rings is 3. The molecule has 0 aliphatic carbocycles. The summed E-state index contributed by atoms with van der Waals surface area (Å²) in [6, 6.07) is 26.5. The summed E-state index contributed by atoms with van der Waals surface area (Å²) in [7, 11) is 0. The lowest BCUT2D eigenvalue weighted by Gasteiger charge is -2.20. The number of hydrazone groups is 1. The van der Waals surface area contributed by atoms with E-state index < -0.39 is 4.92 Å². The number of rotatable bonds is 6. The summed E-state index contributed by atoms with van der Waals surface area (Å²) in [5.74, 6) is 0. The summed E-state index contributed by atoms with van der Waals surface area (Å²) in [4.78, 5) is 10.4. The summed E-state index contributed by atoms with van der Waals surface area (Å²) in [5, 5.41) is 17.5. The molecule has 5 nitrogen and oxygen atoms in total. The minimum atomic E-state index is -0.401. The van der Waals surface area contributed by atoms with Gasteiger partial charge in [0.2, 0.25) is 0 Å². The van der Waals surface area contributed by atoms with E-state index in [0.717, 1.165) is 22.5 Å². The van der Waals surface area contributed by atoms with Crippen molar-refractivity contribution in [3.63, 3.8) is 0 Å². The Balaban J connectivity index is 1.90. The van der Waals surface area contributed by atoms with Crippen LogP contribution in [-0.2, 0) is 6.54 Å². The molecule has 0 saturated carbocycles. The molecule has 0 spiro atoms. The van der Waals surface area contributed by atoms with Crippen molar-refractivity contribution in [2.45, 2.75) is 13.5 Å². The highest BCUT2D eigenvalue weighted by molar-refractivity contribution is 5.99. The molecular formula is C21H19N3O2. The largest absolute Gasteiger partial charge is 0.269 e. The van der Waals surface area contributed by atoms with Crippen molar-refractivity contribution >= 4 is 17.1 Å². The molecule has 26 heavy (non-hydrogen) atoms. The summed E-state index contributed by atoms with van der Waals surface area (Å²) >= 11 is 0. The minimum Gasteiger partial charge on any atom is -0.261 e. The molecule has 0 heterocycles. The van der Waals surface area contributed by atoms with Gasteiger partial charge in [-0.1, -0.05) is 48.5 Å². The minimum absolute atomic E-state index is 0.0748. The highest BCUT2D eigenvalue weighted by atomic mass is 16.6. The number of nitrogens with zero attached hydrogens (tertiary/aromatic N) is 3. The first-order chi connectivity index (χ1) is 12.6. The van der Waals surface area contributed by atoms with Gasteiger partial charge in [0.25, 0.3) is 5.69 Å². The van der Waals surface area contributed by atoms with Crippen LogP contribution in [0.25, 0.3) is 0 Å². The van der Waals surface area contributed by atoms with Gasteiger partial charge in [-0.05, 0) is 42.3 Å². The fraction of sp³-hybridized carbons (Fsp3) is 0.0952. The molecule has 0 atom stereocenters. The SMILES string of the molecule is C/C(=N\N(Cc1ccccc1)c1ccccc1)c1ccc([N+](=O)[O-])cc1. The molecule has 0 aromatic heterocycles. The second-order valence-corrected chi connectivity index (χ2v) is 5.87. The molecule has 0 radical (unpaired) electrons. The Morgan fingerprint density at radius 3 is 2.08 bits per heavy atom. The first kappa shape index (κ1) is 17.4. The van der Waals surface area contributed by atoms with Gasteiger partial charge in [0, 0.05) is 12.1 Å². The zero-order valence-corrected chi connectivity index (χ0v) is 14.4. The van der Waals surface area contributed by atoms with Crippen molar-refractivity contribution in [1.29, 1.82) is 0 Å². The summed E-state index contributed by atoms with van der Waals surface area (Å²) in [6.07, 6.45) is 0. The number of hydrogen-bond donors (Lipinski definition) is 0. The van der Waals surface area contributed by atoms with Crippen LogP contribution >= 0.6 is 0 Å². The maximum absolute atomic E-state index is 10.8. The highest BCUT2D eigenvalue weighted by Gasteiger charge is 2.09. The van der Waals surface area contributed by atoms with Crippen LogP contribution in [0.4, 0.5) is 11.4 Å². The molecular weight excluding hydrogens is 326 g/mol. The van der Waals surface area contributed by atoms with Crippen molar-refractivity contribution in [2.75, 3.05) is 5.01 Å². The van der Waals surface area contributed by atoms with Crippen LogP contribution in [0, 0.1) is 10.1 Å². The molecule has 130 valence electrons. The Hall–Kier alpha value is -3.47. The average Bonchev–Trinajstić information content (AvgIpc) is 2.69. The highest BCUT2D eigenvalue weighted by Crippen LogP contribution is 2.19. The van der Waals surface area contributed by atoms with Gasteiger partial charge in [0.05, 0.1) is 22.9 Å². The van der Waals surface area contributed by atoms with E-state index in [0.29, 0.717) is 6.54 Å². The molecule has 0 fully saturated rings. The maximum atomic E-state index is 10.8. The normalized spacial score (nSPS) is 11.2. The molecule has 0 amide bonds. The van der Waals surface area contributed by atoms with Gasteiger partial charge in [-0.2, -0.15) is 5.10 Å². The van der Waals surface area contributed by atoms with E-state index in [1.54, 1.807) is 12.1 Å². The second kappa shape index (κ2) is 8.07. The third-order valence-corrected chi connectivity index (χ3v) is 4.00. The van der Waals surface area contributed by atoms with Gasteiger partial charge in [-0.15, -0.1) is 0 Å². The summed E-state index contributed by atoms with van der Waals surface area (Å²) < 4.78 is 0. The number of para-hydroxylation sites is 1. The van der Waals surface area contributed by atoms with Crippen LogP contribution in [0.5, 0.6) is 0 Å². The van der Waals surface area contributed by atoms with Crippen LogP contribution in [-0.4, -0.2) is 10.6 Å². The maximum Gasteiger partial charge on any atom is 0.269 e. The Bertz CT molecular complexity index is 892. The monoisotopic (exact) mass is 345 g/mol. The van der Waals surface area contributed by atoms with Gasteiger partial charge < -0.3 is 0 Å². The lowest BCUT2D eigenvalue weighted by atomic mass is 10.1. The van der Waals surface area contributed by atoms with Crippen molar-refractivity contribution in [1.82, 2.24) is 0 Å². The zero-order valence-electron chi connectivity index (χ0n) is 14.4. The van der Waals surface area contributed by atoms with Crippen LogP contribution < -0.4 is 5.01 Å². The van der Waals surface area contributed by atoms with Crippen LogP contribution in [0.2, 0.25) is 0 Å². The third-order valence-electron chi connectivity index (χ3n) is 4.00. The number of hydrogen-bond acceptors (Lipinski definition) is 4. The van der Waals surface area contributed by atoms with Crippen LogP contribution in [0.3, 0.4) is 0 Å². The number of anilines is 1. The summed E-state index contributed by atoms with van der Waals surface area (Å²) in [6.45, 7) is 2.54. The van der Waals surface area contributed by atoms with E-state index in [9.17, 15) is 10.1 Å². The van der Waals surface area contributed by atoms with E-state index in [4.69, 9.17) is 5.10 Å². The molecule has 3 aromatic carbocycles. The summed E-state index contributed by atoms with van der Waals surface area (Å²) in [5.41, 5.74) is 3.85. The van der Waals surface area contributed by atoms with Gasteiger partial charge in [-0.3, -0.25) is 15.1 Å². The lowest BCUT2D eigenvalue weighted by molar-refractivity contribution is -0.384. The average molecular weight is 345 g/mol. The number of nitro benzene ring substituents is 1. The van der Waals surface area contributed by atoms with Crippen molar-refractivity contribution in [3.05, 3.63) is 106 Å². The Kier molecular flexibility index (Phi) is 5.39. The van der Waals surface area contributed by atoms with Crippen molar-refractivity contribution in [2.24, 2.45) is 5.10 Å². The van der Waals surface area contributed by atoms with E-state index in [1.807, 2.05) is 60.5 Å². The van der Waals surface area contributed by atoms with E-state index in [2.05, 4.69) is 12.1 Å². The van der Waals surface area contributed by atoms with Crippen LogP contribution in [0.15, 0.2) is 90.0 Å². The van der Waals surface area contributed by atoms with Gasteiger partial charge >= 0.3 is 0 Å². The second-order valence-electron chi connectivity index (χ2n) is 5.87. The van der Waals surface area contributed by atoms with Gasteiger partial charge in [0.1, 0.15) is 0 Å². The first-order valence-corrected chi connectivity index (χ1v) is 8.30. The number of non-ortho nitro benzene ring substituents is 1. The van der Waals surface area contributed by atoms with E-state index >= 15 is 0 Å². The van der Waals surface area contributed by atoms with E-state index in [-0.39, 0.29) is 5.69 Å². The Labute approximate surface area is 152 Å². The van der Waals surface area contributed by atoms with Gasteiger partial charge in [0.15, 0.2) is 0 Å². The molecule has 0 saturated heterocycles. The Morgan fingerprint density at radius 2 is 1.50 bits per heavy atom. The standard InChI is InChI=1S/C21H19N3O2/c1-17(19-12-14-21(15-13-19)24(25)26)22-23(20-10-6-3-7-11-20)16-18-8-4-2-5-9-18/h2-15H,16H2,1H3/b22-17+. The molecule has 0 N–H and O–H groups in total. The molecule has 0 aliphatic heterocycles. The lowest BCUT2D eigenvalue weighted by Crippen LogP contribution is -2.18. The quantitative estimate of drug-likeness (QED) is 0.358. The van der Waals surface area contributed by atoms with Gasteiger partial charge in [-0.25, -0.2) is 0 Å². The molecule has 3 rings (SSSR count). The fourth-order valence-corrected chi connectivity index (χ4v) is 2.60. The smallest absolute Gasteiger partial charge is 0.261 e. The zero-order chi connectivity index (χ0) is 18.4. The molecule has 0 unspecified atom stereocenters. The fourth-order valence-electron chi connectivity index (χ4n) is 2.60. The molecule has 0 bridgehead atoms. The van der Waals surface area contributed by atoms with Crippen molar-refractivity contribution in [3.8, 4) is 0 Å². The first-order valence-electron chi connectivity index (χ1n) is 8.30. The topological polar surface area (TPSA) is 58.7 Å². The van der Waals surface area contributed by atoms with Crippen molar-refractivity contribution < 1.29 is 4.92 Å². The number of nitro groups is 1. The Morgan fingerprint density at radius 1 is 0.923 bits per heavy atom. The van der Waals surface area contributed by atoms with Crippen LogP contribution in [0.1, 0.15) is 18.1 Å². The predicted molar refractivity (Wildman–Crippen MR) is 104 cm³/mol. The molecule has 5 heteroatoms. The molecule has 0 aliphatic rings. The van der Waals surface area contributed by atoms with E-state index in [1.165, 1.54) is 12.1 Å². The predicted octanol–water partition coefficient (Wildman–Crippen LogP) is 5.03. The molecule has 3 aromatic rings. The third kappa shape index (κ3) is 4.33.